The van der Waals surface area contributed by atoms with Gasteiger partial charge >= 0.3 is 6.03 Å². The number of hydrogen-bond acceptors (Lipinski definition) is 3. The summed E-state index contributed by atoms with van der Waals surface area (Å²) in [7, 11) is 0. The second-order valence-corrected chi connectivity index (χ2v) is 5.48. The molecule has 3 heterocycles. The highest BCUT2D eigenvalue weighted by molar-refractivity contribution is 5.97. The van der Waals surface area contributed by atoms with E-state index < -0.39 is 0 Å². The molecule has 0 aromatic carbocycles. The summed E-state index contributed by atoms with van der Waals surface area (Å²) in [6, 6.07) is 2.07. The zero-order valence-electron chi connectivity index (χ0n) is 11.6. The normalized spacial score (nSPS) is 18.0. The number of halogens is 1. The van der Waals surface area contributed by atoms with Crippen LogP contribution in [-0.2, 0) is 6.54 Å². The van der Waals surface area contributed by atoms with Crippen LogP contribution in [0, 0.1) is 0 Å². The topological polar surface area (TPSA) is 75.7 Å². The van der Waals surface area contributed by atoms with Gasteiger partial charge in [-0.05, 0) is 30.4 Å². The van der Waals surface area contributed by atoms with Crippen molar-refractivity contribution in [2.45, 2.75) is 25.3 Å². The summed E-state index contributed by atoms with van der Waals surface area (Å²) < 4.78 is 2.01. The van der Waals surface area contributed by atoms with E-state index in [0.717, 1.165) is 17.0 Å². The van der Waals surface area contributed by atoms with Crippen molar-refractivity contribution in [2.24, 2.45) is 5.73 Å². The van der Waals surface area contributed by atoms with Gasteiger partial charge in [-0.1, -0.05) is 0 Å². The van der Waals surface area contributed by atoms with Crippen LogP contribution in [0.25, 0.3) is 5.65 Å². The first kappa shape index (κ1) is 14.2. The average molecular weight is 308 g/mol. The Morgan fingerprint density at radius 2 is 2.19 bits per heavy atom. The lowest BCUT2D eigenvalue weighted by Crippen LogP contribution is -2.28. The first-order chi connectivity index (χ1) is 9.76. The molecule has 1 aliphatic heterocycles. The van der Waals surface area contributed by atoms with Crippen LogP contribution in [0.2, 0.25) is 0 Å². The van der Waals surface area contributed by atoms with E-state index in [-0.39, 0.29) is 18.4 Å². The first-order valence-electron chi connectivity index (χ1n) is 7.03. The maximum Gasteiger partial charge on any atom is 0.322 e. The molecule has 0 radical (unpaired) electrons. The fourth-order valence-corrected chi connectivity index (χ4v) is 2.79. The van der Waals surface area contributed by atoms with Crippen molar-refractivity contribution in [1.82, 2.24) is 14.7 Å². The number of urea groups is 1. The Morgan fingerprint density at radius 3 is 2.81 bits per heavy atom. The number of anilines is 1. The highest BCUT2D eigenvalue weighted by atomic mass is 35.5. The maximum absolute atomic E-state index is 11.9. The summed E-state index contributed by atoms with van der Waals surface area (Å²) in [5.74, 6) is 0.632. The van der Waals surface area contributed by atoms with Gasteiger partial charge in [-0.25, -0.2) is 9.78 Å². The van der Waals surface area contributed by atoms with Gasteiger partial charge in [0, 0.05) is 32.0 Å². The number of amides is 2. The molecule has 6 nitrogen and oxygen atoms in total. The quantitative estimate of drug-likeness (QED) is 0.905. The van der Waals surface area contributed by atoms with Gasteiger partial charge in [-0.3, -0.25) is 4.90 Å². The number of rotatable bonds is 3. The third-order valence-corrected chi connectivity index (χ3v) is 4.01. The molecule has 2 aromatic heterocycles. The number of carbonyl (C=O) groups excluding carboxylic acids is 1. The molecule has 7 heteroatoms. The summed E-state index contributed by atoms with van der Waals surface area (Å²) in [5, 5.41) is 2.84. The third kappa shape index (κ3) is 2.34. The highest BCUT2D eigenvalue weighted by Crippen LogP contribution is 2.41. The minimum atomic E-state index is -0.0443. The Bertz CT molecular complexity index is 694. The van der Waals surface area contributed by atoms with E-state index in [4.69, 9.17) is 5.73 Å². The fraction of sp³-hybridized carbons (Fsp3) is 0.429. The largest absolute Gasteiger partial charge is 0.336 e. The Kier molecular flexibility index (Phi) is 3.51. The van der Waals surface area contributed by atoms with E-state index in [1.165, 1.54) is 18.4 Å². The molecule has 0 atom stereocenters. The zero-order valence-corrected chi connectivity index (χ0v) is 12.4. The van der Waals surface area contributed by atoms with Crippen LogP contribution in [0.15, 0.2) is 18.5 Å². The van der Waals surface area contributed by atoms with Crippen molar-refractivity contribution < 1.29 is 4.79 Å². The van der Waals surface area contributed by atoms with Crippen LogP contribution in [0.4, 0.5) is 10.5 Å². The summed E-state index contributed by atoms with van der Waals surface area (Å²) in [6.07, 6.45) is 6.54. The number of nitrogens with zero attached hydrogens (tertiary/aromatic N) is 3. The van der Waals surface area contributed by atoms with Crippen molar-refractivity contribution in [2.75, 3.05) is 18.0 Å². The van der Waals surface area contributed by atoms with Crippen LogP contribution in [0.5, 0.6) is 0 Å². The fourth-order valence-electron chi connectivity index (χ4n) is 2.79. The molecule has 1 aliphatic carbocycles. The lowest BCUT2D eigenvalue weighted by molar-refractivity contribution is 0.252. The SMILES string of the molecule is Cl.NCc1cn2cc(C3CC3)cc(N3CCNC3=O)c2n1. The summed E-state index contributed by atoms with van der Waals surface area (Å²) in [4.78, 5) is 18.3. The van der Waals surface area contributed by atoms with E-state index in [1.807, 2.05) is 10.6 Å². The molecule has 0 spiro atoms. The number of hydrogen-bond donors (Lipinski definition) is 2. The van der Waals surface area contributed by atoms with Crippen LogP contribution in [0.1, 0.15) is 30.0 Å². The van der Waals surface area contributed by atoms with Gasteiger partial charge in [0.15, 0.2) is 5.65 Å². The number of carbonyl (C=O) groups is 1. The van der Waals surface area contributed by atoms with Crippen LogP contribution >= 0.6 is 12.4 Å². The van der Waals surface area contributed by atoms with Crippen LogP contribution in [-0.4, -0.2) is 28.5 Å². The lowest BCUT2D eigenvalue weighted by atomic mass is 10.1. The lowest BCUT2D eigenvalue weighted by Gasteiger charge is -2.16. The standard InChI is InChI=1S/C14H17N5O.ClH/c15-6-11-8-18-7-10(9-1-2-9)5-12(13(18)17-11)19-4-3-16-14(19)20;/h5,7-9H,1-4,6,15H2,(H,16,20);1H. The third-order valence-electron chi connectivity index (χ3n) is 4.01. The Hall–Kier alpha value is -1.79. The van der Waals surface area contributed by atoms with Crippen molar-refractivity contribution in [3.05, 3.63) is 29.7 Å². The molecular weight excluding hydrogens is 290 g/mol. The molecule has 4 rings (SSSR count). The van der Waals surface area contributed by atoms with Crippen molar-refractivity contribution >= 4 is 29.8 Å². The molecule has 2 aliphatic rings. The Morgan fingerprint density at radius 1 is 1.38 bits per heavy atom. The molecule has 21 heavy (non-hydrogen) atoms. The number of pyridine rings is 1. The van der Waals surface area contributed by atoms with E-state index in [1.54, 1.807) is 4.90 Å². The number of imidazole rings is 1. The Balaban J connectivity index is 0.00000132. The molecule has 2 fully saturated rings. The van der Waals surface area contributed by atoms with E-state index in [0.29, 0.717) is 25.6 Å². The van der Waals surface area contributed by atoms with Crippen LogP contribution in [0.3, 0.4) is 0 Å². The van der Waals surface area contributed by atoms with Crippen molar-refractivity contribution in [1.29, 1.82) is 0 Å². The van der Waals surface area contributed by atoms with Gasteiger partial charge in [0.2, 0.25) is 0 Å². The predicted molar refractivity (Wildman–Crippen MR) is 83.1 cm³/mol. The molecule has 2 amide bonds. The summed E-state index contributed by atoms with van der Waals surface area (Å²) in [5.41, 5.74) is 9.52. The van der Waals surface area contributed by atoms with Crippen molar-refractivity contribution in [3.8, 4) is 0 Å². The smallest absolute Gasteiger partial charge is 0.322 e. The molecule has 2 aromatic rings. The molecular formula is C14H18ClN5O. The van der Waals surface area contributed by atoms with Crippen LogP contribution < -0.4 is 16.0 Å². The molecule has 3 N–H and O–H groups in total. The molecule has 0 unspecified atom stereocenters. The monoisotopic (exact) mass is 307 g/mol. The maximum atomic E-state index is 11.9. The second-order valence-electron chi connectivity index (χ2n) is 5.48. The summed E-state index contributed by atoms with van der Waals surface area (Å²) >= 11 is 0. The van der Waals surface area contributed by atoms with E-state index >= 15 is 0 Å². The van der Waals surface area contributed by atoms with Gasteiger partial charge in [-0.15, -0.1) is 12.4 Å². The van der Waals surface area contributed by atoms with Crippen molar-refractivity contribution in [3.63, 3.8) is 0 Å². The molecule has 1 saturated heterocycles. The second kappa shape index (κ2) is 5.20. The number of aromatic nitrogens is 2. The number of nitrogens with one attached hydrogen (secondary N) is 1. The van der Waals surface area contributed by atoms with E-state index in [2.05, 4.69) is 22.6 Å². The highest BCUT2D eigenvalue weighted by Gasteiger charge is 2.29. The van der Waals surface area contributed by atoms with Gasteiger partial charge in [-0.2, -0.15) is 0 Å². The first-order valence-corrected chi connectivity index (χ1v) is 7.03. The van der Waals surface area contributed by atoms with Gasteiger partial charge in [0.1, 0.15) is 0 Å². The van der Waals surface area contributed by atoms with Gasteiger partial charge in [0.25, 0.3) is 0 Å². The molecule has 1 saturated carbocycles. The van der Waals surface area contributed by atoms with Gasteiger partial charge < -0.3 is 15.5 Å². The molecule has 0 bridgehead atoms. The van der Waals surface area contributed by atoms with E-state index in [9.17, 15) is 4.79 Å². The average Bonchev–Trinajstić information content (AvgIpc) is 3.08. The predicted octanol–water partition coefficient (Wildman–Crippen LogP) is 1.62. The molecule has 112 valence electrons. The minimum Gasteiger partial charge on any atom is -0.336 e. The Labute approximate surface area is 128 Å². The minimum absolute atomic E-state index is 0. The number of fused-ring (bicyclic) bond motifs is 1. The summed E-state index contributed by atoms with van der Waals surface area (Å²) in [6.45, 7) is 1.78. The zero-order chi connectivity index (χ0) is 13.7. The number of nitrogens with two attached hydrogens (primary N) is 1. The van der Waals surface area contributed by atoms with Gasteiger partial charge in [0.05, 0.1) is 11.4 Å².